The fourth-order valence-corrected chi connectivity index (χ4v) is 3.58. The molecule has 0 aliphatic rings. The number of aliphatic hydroxyl groups excluding tert-OH is 2. The molecule has 5 nitrogen and oxygen atoms in total. The molecule has 5 heteroatoms. The normalized spacial score (nSPS) is 13.1. The quantitative estimate of drug-likeness (QED) is 0.201. The summed E-state index contributed by atoms with van der Waals surface area (Å²) in [5.41, 5.74) is 11.0. The van der Waals surface area contributed by atoms with Gasteiger partial charge in [-0.25, -0.2) is 0 Å². The van der Waals surface area contributed by atoms with Crippen molar-refractivity contribution in [2.45, 2.75) is 19.5 Å². The van der Waals surface area contributed by atoms with Gasteiger partial charge in [-0.1, -0.05) is 91.0 Å². The zero-order valence-electron chi connectivity index (χ0n) is 20.0. The standard InChI is InChI=1S/C31H29NO4/c1-22-12-15-25(20-28(22)35-30(33)18-13-23-8-4-2-5-9-23)26-16-17-27(32)29(21-26)36-31(34)19-14-24-10-6-3-7-11-24/h2-21,30-31,33-34H,32H2,1H3/b18-13+,19-14+. The Morgan fingerprint density at radius 3 is 1.67 bits per heavy atom. The van der Waals surface area contributed by atoms with E-state index in [1.54, 1.807) is 30.4 Å². The summed E-state index contributed by atoms with van der Waals surface area (Å²) >= 11 is 0. The maximum atomic E-state index is 10.4. The second-order valence-electron chi connectivity index (χ2n) is 8.29. The minimum Gasteiger partial charge on any atom is -0.461 e. The molecule has 2 unspecified atom stereocenters. The third-order valence-electron chi connectivity index (χ3n) is 5.54. The van der Waals surface area contributed by atoms with E-state index in [0.717, 1.165) is 27.8 Å². The lowest BCUT2D eigenvalue weighted by atomic mass is 10.0. The fourth-order valence-electron chi connectivity index (χ4n) is 3.58. The molecule has 0 bridgehead atoms. The van der Waals surface area contributed by atoms with Crippen molar-refractivity contribution in [3.05, 3.63) is 126 Å². The van der Waals surface area contributed by atoms with Crippen LogP contribution in [0.25, 0.3) is 23.3 Å². The first-order valence-electron chi connectivity index (χ1n) is 11.6. The van der Waals surface area contributed by atoms with E-state index in [-0.39, 0.29) is 0 Å². The molecule has 0 heterocycles. The number of anilines is 1. The van der Waals surface area contributed by atoms with Gasteiger partial charge < -0.3 is 25.4 Å². The number of benzene rings is 4. The van der Waals surface area contributed by atoms with Gasteiger partial charge in [0, 0.05) is 0 Å². The van der Waals surface area contributed by atoms with E-state index in [9.17, 15) is 10.2 Å². The number of hydrogen-bond donors (Lipinski definition) is 3. The van der Waals surface area contributed by atoms with Gasteiger partial charge in [-0.15, -0.1) is 0 Å². The fraction of sp³-hybridized carbons (Fsp3) is 0.0968. The van der Waals surface area contributed by atoms with Gasteiger partial charge in [0.2, 0.25) is 12.6 Å². The van der Waals surface area contributed by atoms with E-state index in [1.165, 1.54) is 0 Å². The van der Waals surface area contributed by atoms with Crippen molar-refractivity contribution in [2.24, 2.45) is 0 Å². The summed E-state index contributed by atoms with van der Waals surface area (Å²) < 4.78 is 11.5. The van der Waals surface area contributed by atoms with E-state index in [0.29, 0.717) is 17.2 Å². The van der Waals surface area contributed by atoms with Crippen molar-refractivity contribution in [2.75, 3.05) is 5.73 Å². The highest BCUT2D eigenvalue weighted by Gasteiger charge is 2.11. The van der Waals surface area contributed by atoms with Crippen LogP contribution in [0.2, 0.25) is 0 Å². The minimum absolute atomic E-state index is 0.367. The molecule has 0 aromatic heterocycles. The lowest BCUT2D eigenvalue weighted by Crippen LogP contribution is -2.13. The van der Waals surface area contributed by atoms with Crippen molar-refractivity contribution < 1.29 is 19.7 Å². The smallest absolute Gasteiger partial charge is 0.217 e. The highest BCUT2D eigenvalue weighted by Crippen LogP contribution is 2.33. The maximum absolute atomic E-state index is 10.4. The third-order valence-corrected chi connectivity index (χ3v) is 5.54. The van der Waals surface area contributed by atoms with Crippen LogP contribution in [0.15, 0.2) is 109 Å². The first-order valence-corrected chi connectivity index (χ1v) is 11.6. The lowest BCUT2D eigenvalue weighted by Gasteiger charge is -2.16. The molecule has 0 aliphatic heterocycles. The van der Waals surface area contributed by atoms with Gasteiger partial charge in [0.25, 0.3) is 0 Å². The molecule has 0 saturated heterocycles. The van der Waals surface area contributed by atoms with Crippen molar-refractivity contribution in [1.82, 2.24) is 0 Å². The largest absolute Gasteiger partial charge is 0.461 e. The van der Waals surface area contributed by atoms with Crippen LogP contribution in [0.4, 0.5) is 5.69 Å². The van der Waals surface area contributed by atoms with Gasteiger partial charge in [-0.2, -0.15) is 0 Å². The topological polar surface area (TPSA) is 84.9 Å². The molecular weight excluding hydrogens is 450 g/mol. The molecule has 2 atom stereocenters. The predicted molar refractivity (Wildman–Crippen MR) is 145 cm³/mol. The molecule has 182 valence electrons. The first kappa shape index (κ1) is 24.8. The molecule has 0 radical (unpaired) electrons. The molecular formula is C31H29NO4. The number of aliphatic hydroxyl groups is 2. The van der Waals surface area contributed by atoms with E-state index in [2.05, 4.69) is 0 Å². The van der Waals surface area contributed by atoms with E-state index in [4.69, 9.17) is 15.2 Å². The summed E-state index contributed by atoms with van der Waals surface area (Å²) in [4.78, 5) is 0. The van der Waals surface area contributed by atoms with Crippen LogP contribution >= 0.6 is 0 Å². The van der Waals surface area contributed by atoms with Crippen LogP contribution in [0.3, 0.4) is 0 Å². The number of rotatable bonds is 9. The minimum atomic E-state index is -1.16. The molecule has 36 heavy (non-hydrogen) atoms. The summed E-state index contributed by atoms with van der Waals surface area (Å²) in [5.74, 6) is 0.925. The summed E-state index contributed by atoms with van der Waals surface area (Å²) in [6.07, 6.45) is 4.49. The Kier molecular flexibility index (Phi) is 8.19. The van der Waals surface area contributed by atoms with Crippen LogP contribution < -0.4 is 15.2 Å². The highest BCUT2D eigenvalue weighted by molar-refractivity contribution is 5.71. The number of nitrogen functional groups attached to an aromatic ring is 1. The Labute approximate surface area is 211 Å². The predicted octanol–water partition coefficient (Wildman–Crippen LogP) is 6.07. The second kappa shape index (κ2) is 11.9. The summed E-state index contributed by atoms with van der Waals surface area (Å²) in [6.45, 7) is 1.92. The number of nitrogens with two attached hydrogens (primary N) is 1. The molecule has 0 spiro atoms. The van der Waals surface area contributed by atoms with Crippen molar-refractivity contribution in [3.63, 3.8) is 0 Å². The van der Waals surface area contributed by atoms with Gasteiger partial charge in [0.05, 0.1) is 5.69 Å². The Hall–Kier alpha value is -4.32. The van der Waals surface area contributed by atoms with Crippen LogP contribution in [-0.2, 0) is 0 Å². The Bertz CT molecular complexity index is 1230. The average molecular weight is 480 g/mol. The van der Waals surface area contributed by atoms with Crippen LogP contribution in [0.1, 0.15) is 16.7 Å². The molecule has 0 aliphatic carbocycles. The van der Waals surface area contributed by atoms with Crippen LogP contribution in [0, 0.1) is 6.92 Å². The van der Waals surface area contributed by atoms with Crippen LogP contribution in [0.5, 0.6) is 11.5 Å². The SMILES string of the molecule is Cc1ccc(-c2ccc(N)c(OC(O)/C=C/c3ccccc3)c2)cc1OC(O)/C=C/c1ccccc1. The maximum Gasteiger partial charge on any atom is 0.217 e. The van der Waals surface area contributed by atoms with Gasteiger partial charge in [-0.05, 0) is 65.1 Å². The van der Waals surface area contributed by atoms with Crippen molar-refractivity contribution in [3.8, 4) is 22.6 Å². The van der Waals surface area contributed by atoms with E-state index < -0.39 is 12.6 Å². The third kappa shape index (κ3) is 6.85. The van der Waals surface area contributed by atoms with Crippen LogP contribution in [-0.4, -0.2) is 22.8 Å². The number of hydrogen-bond acceptors (Lipinski definition) is 5. The average Bonchev–Trinajstić information content (AvgIpc) is 2.90. The van der Waals surface area contributed by atoms with Gasteiger partial charge in [-0.3, -0.25) is 0 Å². The summed E-state index contributed by atoms with van der Waals surface area (Å²) in [5, 5.41) is 20.7. The molecule has 4 aromatic rings. The van der Waals surface area contributed by atoms with E-state index >= 15 is 0 Å². The number of aryl methyl sites for hydroxylation is 1. The zero-order valence-corrected chi connectivity index (χ0v) is 20.0. The zero-order chi connectivity index (χ0) is 25.3. The van der Waals surface area contributed by atoms with Gasteiger partial charge in [0.1, 0.15) is 11.5 Å². The molecule has 0 amide bonds. The molecule has 0 fully saturated rings. The summed E-state index contributed by atoms with van der Waals surface area (Å²) in [7, 11) is 0. The number of ether oxygens (including phenoxy) is 2. The van der Waals surface area contributed by atoms with E-state index in [1.807, 2.05) is 97.9 Å². The van der Waals surface area contributed by atoms with Gasteiger partial charge >= 0.3 is 0 Å². The van der Waals surface area contributed by atoms with Gasteiger partial charge in [0.15, 0.2) is 0 Å². The molecule has 0 saturated carbocycles. The molecule has 4 rings (SSSR count). The summed E-state index contributed by atoms with van der Waals surface area (Å²) in [6, 6.07) is 30.5. The monoisotopic (exact) mass is 479 g/mol. The van der Waals surface area contributed by atoms with Crippen molar-refractivity contribution in [1.29, 1.82) is 0 Å². The van der Waals surface area contributed by atoms with Crippen molar-refractivity contribution >= 4 is 17.8 Å². The Morgan fingerprint density at radius 1 is 0.639 bits per heavy atom. The first-order chi connectivity index (χ1) is 17.5. The Morgan fingerprint density at radius 2 is 1.11 bits per heavy atom. The molecule has 4 N–H and O–H groups in total. The highest BCUT2D eigenvalue weighted by atomic mass is 16.6. The lowest BCUT2D eigenvalue weighted by molar-refractivity contribution is 0.0247. The Balaban J connectivity index is 1.48. The second-order valence-corrected chi connectivity index (χ2v) is 8.29. The molecule has 4 aromatic carbocycles.